The number of carboxylic acid groups (broad SMARTS) is 1. The molecule has 0 spiro atoms. The van der Waals surface area contributed by atoms with Gasteiger partial charge < -0.3 is 10.1 Å². The Kier molecular flexibility index (Phi) is 4.11. The summed E-state index contributed by atoms with van der Waals surface area (Å²) in [5.41, 5.74) is 0. The van der Waals surface area contributed by atoms with Crippen molar-refractivity contribution in [3.63, 3.8) is 0 Å². The Morgan fingerprint density at radius 2 is 1.97 bits per heavy atom. The third-order valence-corrected chi connectivity index (χ3v) is 10.8. The van der Waals surface area contributed by atoms with Gasteiger partial charge >= 0.3 is 10.8 Å². The van der Waals surface area contributed by atoms with Crippen molar-refractivity contribution >= 4 is 52.2 Å². The third-order valence-electron chi connectivity index (χ3n) is 7.21. The first kappa shape index (κ1) is 18.8. The fraction of sp³-hybridized carbons (Fsp3) is 0.500. The van der Waals surface area contributed by atoms with Crippen molar-refractivity contribution in [2.45, 2.75) is 29.0 Å². The van der Waals surface area contributed by atoms with Gasteiger partial charge in [-0.05, 0) is 35.6 Å². The number of nitrogens with one attached hydrogen (secondary N) is 1. The number of thiophene rings is 1. The van der Waals surface area contributed by atoms with E-state index in [1.807, 2.05) is 11.4 Å². The van der Waals surface area contributed by atoms with Gasteiger partial charge in [-0.3, -0.25) is 24.1 Å². The van der Waals surface area contributed by atoms with Crippen LogP contribution >= 0.6 is 34.4 Å². The zero-order valence-electron chi connectivity index (χ0n) is 15.6. The molecule has 2 amide bonds. The number of fused-ring (bicyclic) bond motifs is 9. The number of hydrogen-bond donors (Lipinski definition) is 2. The van der Waals surface area contributed by atoms with Crippen molar-refractivity contribution in [1.29, 1.82) is 0 Å². The van der Waals surface area contributed by atoms with Crippen LogP contribution in [0, 0.1) is 29.6 Å². The van der Waals surface area contributed by atoms with Gasteiger partial charge in [0.05, 0.1) is 23.3 Å². The molecule has 4 heterocycles. The number of rotatable bonds is 4. The van der Waals surface area contributed by atoms with Crippen LogP contribution in [0.2, 0.25) is 0 Å². The quantitative estimate of drug-likeness (QED) is 0.676. The molecule has 2 aliphatic carbocycles. The highest BCUT2D eigenvalue weighted by atomic mass is 32.2. The van der Waals surface area contributed by atoms with Crippen LogP contribution in [0.3, 0.4) is 0 Å². The largest absolute Gasteiger partial charge is 0.481 e. The van der Waals surface area contributed by atoms with Gasteiger partial charge in [0.25, 0.3) is 0 Å². The van der Waals surface area contributed by atoms with Crippen LogP contribution in [-0.4, -0.2) is 44.6 Å². The molecule has 156 valence electrons. The lowest BCUT2D eigenvalue weighted by molar-refractivity contribution is -0.142. The van der Waals surface area contributed by atoms with E-state index in [1.165, 1.54) is 21.1 Å². The third kappa shape index (κ3) is 2.44. The Labute approximate surface area is 183 Å². The van der Waals surface area contributed by atoms with Crippen LogP contribution in [0.15, 0.2) is 27.3 Å². The molecule has 1 saturated heterocycles. The summed E-state index contributed by atoms with van der Waals surface area (Å²) in [5, 5.41) is 12.1. The van der Waals surface area contributed by atoms with Crippen LogP contribution in [0.4, 0.5) is 0 Å². The number of imide groups is 1. The zero-order valence-corrected chi connectivity index (χ0v) is 18.1. The highest BCUT2D eigenvalue weighted by Gasteiger charge is 2.69. The Balaban J connectivity index is 1.40. The SMILES string of the molecule is O=C(O)CCN1C(=O)[C@@H]2[C@@H]3C[C@@H]([C@H]4Sc5[nH]c(=O)sc5[C@H](c5cccs5)[C@@H]34)[C@@H]2C1=O. The van der Waals surface area contributed by atoms with Gasteiger partial charge in [-0.25, -0.2) is 0 Å². The summed E-state index contributed by atoms with van der Waals surface area (Å²) in [6.07, 6.45) is 0.632. The molecule has 3 fully saturated rings. The molecule has 0 unspecified atom stereocenters. The second-order valence-corrected chi connectivity index (χ2v) is 11.6. The average molecular weight is 463 g/mol. The first-order chi connectivity index (χ1) is 14.5. The van der Waals surface area contributed by atoms with E-state index in [9.17, 15) is 19.2 Å². The molecule has 2 aliphatic heterocycles. The Bertz CT molecular complexity index is 1120. The number of aromatic nitrogens is 1. The normalized spacial score (nSPS) is 36.1. The molecule has 30 heavy (non-hydrogen) atoms. The minimum Gasteiger partial charge on any atom is -0.481 e. The van der Waals surface area contributed by atoms with Gasteiger partial charge in [-0.2, -0.15) is 0 Å². The predicted molar refractivity (Wildman–Crippen MR) is 112 cm³/mol. The summed E-state index contributed by atoms with van der Waals surface area (Å²) in [5.74, 6) is -1.65. The fourth-order valence-corrected chi connectivity index (χ4v) is 10.1. The maximum atomic E-state index is 13.2. The number of H-pyrrole nitrogens is 1. The van der Waals surface area contributed by atoms with Crippen molar-refractivity contribution in [2.75, 3.05) is 6.54 Å². The fourth-order valence-electron chi connectivity index (χ4n) is 6.29. The first-order valence-corrected chi connectivity index (χ1v) is 12.5. The molecule has 7 nitrogen and oxygen atoms in total. The Morgan fingerprint density at radius 3 is 2.67 bits per heavy atom. The molecule has 2 aromatic rings. The molecule has 0 aromatic carbocycles. The van der Waals surface area contributed by atoms with Crippen LogP contribution in [0.1, 0.15) is 28.5 Å². The molecule has 2 saturated carbocycles. The number of aromatic amines is 1. The molecule has 2 aromatic heterocycles. The lowest BCUT2D eigenvalue weighted by atomic mass is 9.69. The van der Waals surface area contributed by atoms with Crippen molar-refractivity contribution in [3.8, 4) is 0 Å². The zero-order chi connectivity index (χ0) is 20.7. The van der Waals surface area contributed by atoms with Crippen molar-refractivity contribution in [3.05, 3.63) is 36.9 Å². The van der Waals surface area contributed by atoms with Gasteiger partial charge in [0.1, 0.15) is 0 Å². The van der Waals surface area contributed by atoms with E-state index >= 15 is 0 Å². The van der Waals surface area contributed by atoms with E-state index in [2.05, 4.69) is 11.1 Å². The topological polar surface area (TPSA) is 108 Å². The Hall–Kier alpha value is -1.91. The molecular weight excluding hydrogens is 444 g/mol. The maximum absolute atomic E-state index is 13.2. The van der Waals surface area contributed by atoms with E-state index in [0.29, 0.717) is 0 Å². The van der Waals surface area contributed by atoms with E-state index in [-0.39, 0.29) is 70.4 Å². The number of hydrogen-bond acceptors (Lipinski definition) is 7. The summed E-state index contributed by atoms with van der Waals surface area (Å²) >= 11 is 4.60. The van der Waals surface area contributed by atoms with Crippen molar-refractivity contribution in [2.24, 2.45) is 29.6 Å². The molecule has 0 radical (unpaired) electrons. The van der Waals surface area contributed by atoms with Crippen LogP contribution < -0.4 is 4.87 Å². The lowest BCUT2D eigenvalue weighted by Crippen LogP contribution is -2.42. The number of carbonyl (C=O) groups is 3. The number of carboxylic acids is 1. The predicted octanol–water partition coefficient (Wildman–Crippen LogP) is 2.45. The van der Waals surface area contributed by atoms with Gasteiger partial charge in [-0.15, -0.1) is 23.1 Å². The lowest BCUT2D eigenvalue weighted by Gasteiger charge is -2.42. The van der Waals surface area contributed by atoms with Gasteiger partial charge in [0.2, 0.25) is 11.8 Å². The molecule has 7 atom stereocenters. The van der Waals surface area contributed by atoms with Crippen LogP contribution in [0.25, 0.3) is 0 Å². The maximum Gasteiger partial charge on any atom is 0.305 e. The smallest absolute Gasteiger partial charge is 0.305 e. The standard InChI is InChI=1S/C20H18N2O5S3/c23-10(24)3-4-22-18(25)12-7-6-8(13(12)19(22)26)15-11(7)14(9-2-1-5-28-9)16-17(29-15)21-20(27)30-16/h1-2,5,7-8,11-15H,3-4,6H2,(H,21,27)(H,23,24)/t7-,8-,11-,12-,13+,14-,15-/m1/s1. The number of carbonyl (C=O) groups excluding carboxylic acids is 2. The average Bonchev–Trinajstić information content (AvgIpc) is 3.48. The number of amides is 2. The number of thioether (sulfide) groups is 1. The van der Waals surface area contributed by atoms with E-state index in [4.69, 9.17) is 5.11 Å². The molecule has 10 heteroatoms. The summed E-state index contributed by atoms with van der Waals surface area (Å²) in [7, 11) is 0. The van der Waals surface area contributed by atoms with Crippen LogP contribution in [-0.2, 0) is 14.4 Å². The summed E-state index contributed by atoms with van der Waals surface area (Å²) < 4.78 is 0. The minimum absolute atomic E-state index is 0.0447. The molecule has 6 rings (SSSR count). The number of thiazole rings is 1. The van der Waals surface area contributed by atoms with Crippen molar-refractivity contribution < 1.29 is 19.5 Å². The van der Waals surface area contributed by atoms with E-state index in [0.717, 1.165) is 16.3 Å². The van der Waals surface area contributed by atoms with Crippen LogP contribution in [0.5, 0.6) is 0 Å². The molecule has 2 bridgehead atoms. The highest BCUT2D eigenvalue weighted by molar-refractivity contribution is 8.00. The first-order valence-electron chi connectivity index (χ1n) is 9.95. The molecule has 4 aliphatic rings. The van der Waals surface area contributed by atoms with Gasteiger partial charge in [-0.1, -0.05) is 17.4 Å². The number of aliphatic carboxylic acids is 1. The number of likely N-dealkylation sites (tertiary alicyclic amines) is 1. The highest BCUT2D eigenvalue weighted by Crippen LogP contribution is 2.68. The minimum atomic E-state index is -1.01. The van der Waals surface area contributed by atoms with E-state index in [1.54, 1.807) is 23.1 Å². The van der Waals surface area contributed by atoms with Gasteiger partial charge in [0, 0.05) is 27.5 Å². The second-order valence-electron chi connectivity index (χ2n) is 8.45. The molecule has 2 N–H and O–H groups in total. The number of nitrogens with zero attached hydrogens (tertiary/aromatic N) is 1. The monoisotopic (exact) mass is 462 g/mol. The van der Waals surface area contributed by atoms with E-state index < -0.39 is 5.97 Å². The summed E-state index contributed by atoms with van der Waals surface area (Å²) in [4.78, 5) is 55.7. The molecular formula is C20H18N2O5S3. The second kappa shape index (κ2) is 6.54. The summed E-state index contributed by atoms with van der Waals surface area (Å²) in [6.45, 7) is -0.0447. The van der Waals surface area contributed by atoms with Crippen molar-refractivity contribution in [1.82, 2.24) is 9.88 Å². The summed E-state index contributed by atoms with van der Waals surface area (Å²) in [6, 6.07) is 4.11. The van der Waals surface area contributed by atoms with Gasteiger partial charge in [0.15, 0.2) is 0 Å². The Morgan fingerprint density at radius 1 is 1.20 bits per heavy atom.